The Morgan fingerprint density at radius 3 is 3.04 bits per heavy atom. The Kier molecular flexibility index (Phi) is 5.25. The van der Waals surface area contributed by atoms with Gasteiger partial charge in [-0.1, -0.05) is 22.0 Å². The summed E-state index contributed by atoms with van der Waals surface area (Å²) in [5, 5.41) is 3.60. The third-order valence-electron chi connectivity index (χ3n) is 5.23. The van der Waals surface area contributed by atoms with Crippen LogP contribution in [0.2, 0.25) is 0 Å². The molecular formula is C20H21BrN4O2S. The number of halogens is 1. The Morgan fingerprint density at radius 2 is 2.25 bits per heavy atom. The highest BCUT2D eigenvalue weighted by Crippen LogP contribution is 2.28. The maximum absolute atomic E-state index is 12.7. The number of nitrogens with one attached hydrogen (secondary N) is 1. The molecule has 4 rings (SSSR count). The van der Waals surface area contributed by atoms with Crippen LogP contribution in [0.15, 0.2) is 39.9 Å². The molecule has 1 aliphatic rings. The number of benzene rings is 1. The molecule has 1 saturated heterocycles. The maximum Gasteiger partial charge on any atom is 0.262 e. The number of fused-ring (bicyclic) bond motifs is 1. The lowest BCUT2D eigenvalue weighted by Crippen LogP contribution is -2.31. The van der Waals surface area contributed by atoms with Crippen LogP contribution in [0.25, 0.3) is 10.2 Å². The van der Waals surface area contributed by atoms with Crippen LogP contribution < -0.4 is 15.8 Å². The molecule has 146 valence electrons. The molecule has 0 bridgehead atoms. The van der Waals surface area contributed by atoms with Gasteiger partial charge in [0.1, 0.15) is 4.83 Å². The molecule has 2 aromatic heterocycles. The van der Waals surface area contributed by atoms with Crippen LogP contribution in [0.4, 0.5) is 5.69 Å². The number of hydrogen-bond donors (Lipinski definition) is 1. The molecule has 3 heterocycles. The van der Waals surface area contributed by atoms with E-state index in [-0.39, 0.29) is 11.5 Å². The number of amides is 1. The second kappa shape index (κ2) is 7.67. The Morgan fingerprint density at radius 1 is 1.43 bits per heavy atom. The summed E-state index contributed by atoms with van der Waals surface area (Å²) in [6, 6.07) is 8.29. The summed E-state index contributed by atoms with van der Waals surface area (Å²) < 4.78 is 2.51. The highest BCUT2D eigenvalue weighted by Gasteiger charge is 2.25. The number of carbonyl (C=O) groups excluding carboxylic acids is 1. The van der Waals surface area contributed by atoms with Gasteiger partial charge in [-0.2, -0.15) is 0 Å². The average Bonchev–Trinajstić information content (AvgIpc) is 3.28. The molecule has 1 fully saturated rings. The minimum Gasteiger partial charge on any atom is -0.371 e. The van der Waals surface area contributed by atoms with Gasteiger partial charge in [0.15, 0.2) is 0 Å². The minimum atomic E-state index is -0.122. The van der Waals surface area contributed by atoms with Crippen LogP contribution in [-0.2, 0) is 7.05 Å². The van der Waals surface area contributed by atoms with Gasteiger partial charge in [-0.15, -0.1) is 11.3 Å². The molecule has 8 heteroatoms. The summed E-state index contributed by atoms with van der Waals surface area (Å²) in [5.41, 5.74) is 1.80. The van der Waals surface area contributed by atoms with Crippen LogP contribution in [0.5, 0.6) is 0 Å². The minimum absolute atomic E-state index is 0.113. The van der Waals surface area contributed by atoms with Gasteiger partial charge < -0.3 is 14.8 Å². The fraction of sp³-hybridized carbons (Fsp3) is 0.350. The molecule has 1 atom stereocenters. The number of thiophene rings is 1. The molecule has 0 spiro atoms. The van der Waals surface area contributed by atoms with Crippen LogP contribution in [0, 0.1) is 12.8 Å². The lowest BCUT2D eigenvalue weighted by molar-refractivity contribution is 0.0952. The van der Waals surface area contributed by atoms with Gasteiger partial charge in [-0.3, -0.25) is 9.59 Å². The fourth-order valence-corrected chi connectivity index (χ4v) is 5.09. The standard InChI is InChI=1S/C20H21BrN4O2S/c1-12-16-19(23-11-24(2)20(16)27)28-17(12)18(26)22-9-13-6-7-25(10-13)15-5-3-4-14(21)8-15/h3-5,8,11,13H,6-7,9-10H2,1-2H3,(H,22,26). The van der Waals surface area contributed by atoms with E-state index in [9.17, 15) is 9.59 Å². The smallest absolute Gasteiger partial charge is 0.262 e. The predicted octanol–water partition coefficient (Wildman–Crippen LogP) is 3.32. The first-order valence-corrected chi connectivity index (χ1v) is 10.8. The van der Waals surface area contributed by atoms with Gasteiger partial charge in [0.25, 0.3) is 11.5 Å². The van der Waals surface area contributed by atoms with Crippen molar-refractivity contribution in [3.63, 3.8) is 0 Å². The Hall–Kier alpha value is -2.19. The monoisotopic (exact) mass is 460 g/mol. The summed E-state index contributed by atoms with van der Waals surface area (Å²) in [6.45, 7) is 4.35. The topological polar surface area (TPSA) is 67.2 Å². The van der Waals surface area contributed by atoms with Crippen molar-refractivity contribution in [2.45, 2.75) is 13.3 Å². The predicted molar refractivity (Wildman–Crippen MR) is 116 cm³/mol. The van der Waals surface area contributed by atoms with Crippen molar-refractivity contribution < 1.29 is 4.79 Å². The fourth-order valence-electron chi connectivity index (χ4n) is 3.65. The molecule has 6 nitrogen and oxygen atoms in total. The van der Waals surface area contributed by atoms with Crippen LogP contribution in [0.1, 0.15) is 21.7 Å². The van der Waals surface area contributed by atoms with Crippen LogP contribution in [0.3, 0.4) is 0 Å². The van der Waals surface area contributed by atoms with E-state index in [2.05, 4.69) is 43.3 Å². The normalized spacial score (nSPS) is 16.7. The van der Waals surface area contributed by atoms with Crippen molar-refractivity contribution in [1.82, 2.24) is 14.9 Å². The summed E-state index contributed by atoms with van der Waals surface area (Å²) in [6.07, 6.45) is 2.54. The number of anilines is 1. The van der Waals surface area contributed by atoms with E-state index in [4.69, 9.17) is 0 Å². The first kappa shape index (κ1) is 19.1. The molecule has 3 aromatic rings. The largest absolute Gasteiger partial charge is 0.371 e. The van der Waals surface area contributed by atoms with Crippen LogP contribution in [-0.4, -0.2) is 35.1 Å². The molecule has 0 radical (unpaired) electrons. The summed E-state index contributed by atoms with van der Waals surface area (Å²) in [5.74, 6) is 0.284. The Bertz CT molecular complexity index is 1110. The number of hydrogen-bond acceptors (Lipinski definition) is 5. The van der Waals surface area contributed by atoms with E-state index in [1.54, 1.807) is 7.05 Å². The summed E-state index contributed by atoms with van der Waals surface area (Å²) in [7, 11) is 1.67. The van der Waals surface area contributed by atoms with Crippen molar-refractivity contribution >= 4 is 49.1 Å². The van der Waals surface area contributed by atoms with Gasteiger partial charge >= 0.3 is 0 Å². The second-order valence-electron chi connectivity index (χ2n) is 7.19. The van der Waals surface area contributed by atoms with E-state index in [0.29, 0.717) is 33.1 Å². The third kappa shape index (κ3) is 3.58. The quantitative estimate of drug-likeness (QED) is 0.648. The molecule has 1 aromatic carbocycles. The van der Waals surface area contributed by atoms with Crippen LogP contribution >= 0.6 is 27.3 Å². The van der Waals surface area contributed by atoms with Gasteiger partial charge in [0.05, 0.1) is 16.6 Å². The molecule has 0 saturated carbocycles. The van der Waals surface area contributed by atoms with Crippen molar-refractivity contribution in [2.75, 3.05) is 24.5 Å². The van der Waals surface area contributed by atoms with E-state index in [0.717, 1.165) is 24.0 Å². The summed E-state index contributed by atoms with van der Waals surface area (Å²) in [4.78, 5) is 32.9. The van der Waals surface area contributed by atoms with Gasteiger partial charge in [-0.25, -0.2) is 4.98 Å². The zero-order chi connectivity index (χ0) is 19.8. The van der Waals surface area contributed by atoms with Crippen molar-refractivity contribution in [1.29, 1.82) is 0 Å². The van der Waals surface area contributed by atoms with E-state index in [1.807, 2.05) is 19.1 Å². The highest BCUT2D eigenvalue weighted by atomic mass is 79.9. The number of rotatable bonds is 4. The maximum atomic E-state index is 12.7. The zero-order valence-electron chi connectivity index (χ0n) is 15.7. The highest BCUT2D eigenvalue weighted by molar-refractivity contribution is 9.10. The number of nitrogens with zero attached hydrogens (tertiary/aromatic N) is 3. The van der Waals surface area contributed by atoms with Crippen molar-refractivity contribution in [2.24, 2.45) is 13.0 Å². The average molecular weight is 461 g/mol. The van der Waals surface area contributed by atoms with Crippen molar-refractivity contribution in [3.8, 4) is 0 Å². The molecule has 0 aliphatic carbocycles. The third-order valence-corrected chi connectivity index (χ3v) is 6.92. The second-order valence-corrected chi connectivity index (χ2v) is 9.10. The van der Waals surface area contributed by atoms with Gasteiger partial charge in [0.2, 0.25) is 0 Å². The first-order chi connectivity index (χ1) is 13.4. The lowest BCUT2D eigenvalue weighted by Gasteiger charge is -2.19. The molecule has 1 N–H and O–H groups in total. The van der Waals surface area contributed by atoms with Crippen molar-refractivity contribution in [3.05, 3.63) is 55.9 Å². The van der Waals surface area contributed by atoms with E-state index in [1.165, 1.54) is 27.9 Å². The molecule has 28 heavy (non-hydrogen) atoms. The zero-order valence-corrected chi connectivity index (χ0v) is 18.1. The van der Waals surface area contributed by atoms with Gasteiger partial charge in [-0.05, 0) is 43.0 Å². The number of aromatic nitrogens is 2. The molecule has 1 aliphatic heterocycles. The lowest BCUT2D eigenvalue weighted by atomic mass is 10.1. The SMILES string of the molecule is Cc1c(C(=O)NCC2CCN(c3cccc(Br)c3)C2)sc2ncn(C)c(=O)c12. The van der Waals surface area contributed by atoms with E-state index >= 15 is 0 Å². The number of carbonyl (C=O) groups is 1. The summed E-state index contributed by atoms with van der Waals surface area (Å²) >= 11 is 4.80. The first-order valence-electron chi connectivity index (χ1n) is 9.17. The molecular weight excluding hydrogens is 440 g/mol. The molecule has 1 amide bonds. The molecule has 1 unspecified atom stereocenters. The van der Waals surface area contributed by atoms with E-state index < -0.39 is 0 Å². The Labute approximate surface area is 175 Å². The van der Waals surface area contributed by atoms with Gasteiger partial charge in [0, 0.05) is 36.8 Å². The number of aryl methyl sites for hydroxylation is 2. The Balaban J connectivity index is 1.43.